The second-order valence-corrected chi connectivity index (χ2v) is 27.2. The van der Waals surface area contributed by atoms with Crippen LogP contribution in [0.15, 0.2) is 91.0 Å². The summed E-state index contributed by atoms with van der Waals surface area (Å²) in [6.45, 7) is 14.0. The number of hydrogen-bond acceptors (Lipinski definition) is 7. The van der Waals surface area contributed by atoms with Crippen LogP contribution in [0.4, 0.5) is 8.78 Å². The van der Waals surface area contributed by atoms with Crippen LogP contribution in [0, 0.1) is 11.6 Å². The van der Waals surface area contributed by atoms with Crippen molar-refractivity contribution in [1.29, 1.82) is 0 Å². The van der Waals surface area contributed by atoms with Gasteiger partial charge in [0.1, 0.15) is 17.3 Å². The van der Waals surface area contributed by atoms with Crippen LogP contribution < -0.4 is 19.4 Å². The molecule has 0 spiro atoms. The van der Waals surface area contributed by atoms with E-state index in [-0.39, 0.29) is 16.3 Å². The Morgan fingerprint density at radius 2 is 1.29 bits per heavy atom. The molecule has 7 nitrogen and oxygen atoms in total. The third kappa shape index (κ3) is 12.5. The zero-order chi connectivity index (χ0) is 37.2. The van der Waals surface area contributed by atoms with Gasteiger partial charge in [0.05, 0.1) is 22.8 Å². The van der Waals surface area contributed by atoms with E-state index >= 15 is 0 Å². The molecule has 0 aliphatic rings. The van der Waals surface area contributed by atoms with Crippen LogP contribution in [0.5, 0.6) is 17.2 Å². The van der Waals surface area contributed by atoms with E-state index < -0.39 is 54.5 Å². The van der Waals surface area contributed by atoms with Gasteiger partial charge in [0, 0.05) is 12.1 Å². The molecule has 0 aliphatic heterocycles. The van der Waals surface area contributed by atoms with E-state index in [1.807, 2.05) is 6.07 Å². The smallest absolute Gasteiger partial charge is 0.351 e. The lowest BCUT2D eigenvalue weighted by Gasteiger charge is -2.41. The number of hydrogen-bond donors (Lipinski definition) is 0. The van der Waals surface area contributed by atoms with Gasteiger partial charge < -0.3 is 22.4 Å². The Morgan fingerprint density at radius 3 is 1.90 bits per heavy atom. The second-order valence-electron chi connectivity index (χ2n) is 14.1. The molecule has 0 unspecified atom stereocenters. The predicted molar refractivity (Wildman–Crippen MR) is 204 cm³/mol. The highest BCUT2D eigenvalue weighted by Gasteiger charge is 2.45. The molecule has 4 aromatic rings. The summed E-state index contributed by atoms with van der Waals surface area (Å²) in [7, 11) is -6.37. The summed E-state index contributed by atoms with van der Waals surface area (Å²) in [6, 6.07) is 24.6. The zero-order valence-corrected chi connectivity index (χ0v) is 33.7. The molecule has 0 aromatic heterocycles. The van der Waals surface area contributed by atoms with Gasteiger partial charge in [-0.25, -0.2) is 18.4 Å². The van der Waals surface area contributed by atoms with E-state index in [2.05, 4.69) is 63.5 Å². The molecule has 0 aliphatic carbocycles. The van der Waals surface area contributed by atoms with Gasteiger partial charge in [0.15, 0.2) is 28.2 Å². The molecule has 272 valence electrons. The summed E-state index contributed by atoms with van der Waals surface area (Å²) in [6.07, 6.45) is 3.95. The molecule has 0 saturated heterocycles. The molecule has 0 heterocycles. The molecule has 13 heteroatoms. The first-order valence-corrected chi connectivity index (χ1v) is 26.1. The fourth-order valence-electron chi connectivity index (χ4n) is 5.36. The topological polar surface area (TPSA) is 80.3 Å². The summed E-state index contributed by atoms with van der Waals surface area (Å²) in [4.78, 5) is 25.2. The zero-order valence-electron chi connectivity index (χ0n) is 29.9. The Morgan fingerprint density at radius 1 is 0.667 bits per heavy atom. The van der Waals surface area contributed by atoms with Crippen LogP contribution in [0.3, 0.4) is 0 Å². The Balaban J connectivity index is 1.24. The predicted octanol–water partition coefficient (Wildman–Crippen LogP) is 10.0. The van der Waals surface area contributed by atoms with Crippen molar-refractivity contribution in [2.75, 3.05) is 6.61 Å². The fourth-order valence-corrected chi connectivity index (χ4v) is 17.5. The highest BCUT2D eigenvalue weighted by atomic mass is 35.5. The highest BCUT2D eigenvalue weighted by molar-refractivity contribution is 6.94. The first kappa shape index (κ1) is 40.1. The maximum Gasteiger partial charge on any atom is 0.351 e. The number of ether oxygens (including phenoxy) is 3. The van der Waals surface area contributed by atoms with E-state index in [4.69, 9.17) is 34.0 Å². The molecule has 4 aromatic carbocycles. The normalized spacial score (nSPS) is 12.0. The van der Waals surface area contributed by atoms with Crippen LogP contribution in [-0.2, 0) is 8.23 Å². The fraction of sp³-hybridized carbons (Fsp3) is 0.316. The number of rotatable bonds is 17. The molecule has 0 fully saturated rings. The molecular formula is C38H45ClF2O7Si3. The van der Waals surface area contributed by atoms with Gasteiger partial charge in [-0.05, 0) is 105 Å². The Kier molecular flexibility index (Phi) is 13.9. The number of carbonyl (C=O) groups excluding carboxylic acids is 2. The van der Waals surface area contributed by atoms with Crippen LogP contribution in [-0.4, -0.2) is 43.7 Å². The molecule has 0 atom stereocenters. The first-order chi connectivity index (χ1) is 24.0. The SMILES string of the molecule is C[Si](C)(C)O[Si](CCCCCCOc1ccc(C(=O)Oc2ccc(C(=O)Oc3ccc(F)cc3F)c(Cl)c2)cc1)(O[Si](C)(C)C)c1ccccc1. The van der Waals surface area contributed by atoms with Crippen molar-refractivity contribution < 1.29 is 40.8 Å². The monoisotopic (exact) mass is 770 g/mol. The van der Waals surface area contributed by atoms with Crippen LogP contribution in [0.25, 0.3) is 0 Å². The molecule has 0 radical (unpaired) electrons. The Labute approximate surface area is 307 Å². The van der Waals surface area contributed by atoms with E-state index in [9.17, 15) is 18.4 Å². The van der Waals surface area contributed by atoms with Crippen molar-refractivity contribution >= 4 is 53.9 Å². The van der Waals surface area contributed by atoms with Gasteiger partial charge in [0.25, 0.3) is 0 Å². The summed E-state index contributed by atoms with van der Waals surface area (Å²) < 4.78 is 57.3. The lowest BCUT2D eigenvalue weighted by molar-refractivity contribution is 0.0725. The second kappa shape index (κ2) is 17.7. The van der Waals surface area contributed by atoms with Crippen LogP contribution >= 0.6 is 11.6 Å². The minimum atomic E-state index is -2.62. The molecule has 0 saturated carbocycles. The van der Waals surface area contributed by atoms with E-state index in [1.54, 1.807) is 24.3 Å². The van der Waals surface area contributed by atoms with Crippen molar-refractivity contribution in [2.45, 2.75) is 71.0 Å². The van der Waals surface area contributed by atoms with Crippen molar-refractivity contribution in [2.24, 2.45) is 0 Å². The van der Waals surface area contributed by atoms with Crippen molar-refractivity contribution in [1.82, 2.24) is 0 Å². The lowest BCUT2D eigenvalue weighted by atomic mass is 10.2. The molecule has 0 bridgehead atoms. The standard InChI is InChI=1S/C38H45ClF2O7Si3/c1-49(2,3)47-51(48-50(4,5)6,32-14-10-9-11-15-32)25-13-8-7-12-24-44-30-19-16-28(17-20-30)37(42)45-31-21-22-33(34(39)27-31)38(43)46-36-23-18-29(40)26-35(36)41/h9-11,14-23,26-27H,7-8,12-13,24-25H2,1-6H3. The number of halogens is 3. The van der Waals surface area contributed by atoms with Gasteiger partial charge in [-0.2, -0.15) is 0 Å². The average molecular weight is 771 g/mol. The number of unbranched alkanes of at least 4 members (excludes halogenated alkanes) is 3. The van der Waals surface area contributed by atoms with Gasteiger partial charge in [-0.15, -0.1) is 0 Å². The number of benzene rings is 4. The molecule has 0 amide bonds. The van der Waals surface area contributed by atoms with E-state index in [1.165, 1.54) is 23.4 Å². The molecule has 4 rings (SSSR count). The summed E-state index contributed by atoms with van der Waals surface area (Å²) in [5, 5.41) is 1.14. The maximum absolute atomic E-state index is 13.9. The van der Waals surface area contributed by atoms with Gasteiger partial charge in [-0.3, -0.25) is 0 Å². The van der Waals surface area contributed by atoms with Crippen LogP contribution in [0.1, 0.15) is 46.4 Å². The third-order valence-electron chi connectivity index (χ3n) is 7.38. The minimum Gasteiger partial charge on any atom is -0.494 e. The van der Waals surface area contributed by atoms with Gasteiger partial charge in [-0.1, -0.05) is 61.2 Å². The highest BCUT2D eigenvalue weighted by Crippen LogP contribution is 2.28. The van der Waals surface area contributed by atoms with Gasteiger partial charge >= 0.3 is 20.5 Å². The van der Waals surface area contributed by atoms with Crippen molar-refractivity contribution in [3.63, 3.8) is 0 Å². The number of carbonyl (C=O) groups is 2. The Bertz CT molecular complexity index is 1760. The van der Waals surface area contributed by atoms with E-state index in [0.717, 1.165) is 43.9 Å². The summed E-state index contributed by atoms with van der Waals surface area (Å²) in [5.41, 5.74) is 0.205. The molecule has 0 N–H and O–H groups in total. The average Bonchev–Trinajstić information content (AvgIpc) is 3.04. The lowest BCUT2D eigenvalue weighted by Crippen LogP contribution is -2.62. The Hall–Kier alpha value is -3.66. The summed E-state index contributed by atoms with van der Waals surface area (Å²) in [5.74, 6) is -3.14. The largest absolute Gasteiger partial charge is 0.494 e. The number of esters is 2. The molecule has 51 heavy (non-hydrogen) atoms. The maximum atomic E-state index is 13.9. The van der Waals surface area contributed by atoms with Crippen molar-refractivity contribution in [3.8, 4) is 17.2 Å². The minimum absolute atomic E-state index is 0.0750. The quantitative estimate of drug-likeness (QED) is 0.0458. The summed E-state index contributed by atoms with van der Waals surface area (Å²) >= 11 is 6.22. The first-order valence-electron chi connectivity index (χ1n) is 16.9. The van der Waals surface area contributed by atoms with E-state index in [0.29, 0.717) is 24.0 Å². The third-order valence-corrected chi connectivity index (χ3v) is 17.5. The van der Waals surface area contributed by atoms with Gasteiger partial charge in [0.2, 0.25) is 0 Å². The van der Waals surface area contributed by atoms with Crippen molar-refractivity contribution in [3.05, 3.63) is 119 Å². The van der Waals surface area contributed by atoms with Crippen LogP contribution in [0.2, 0.25) is 50.3 Å². The molecular weight excluding hydrogens is 726 g/mol.